The van der Waals surface area contributed by atoms with E-state index in [9.17, 15) is 0 Å². The Morgan fingerprint density at radius 3 is 1.76 bits per heavy atom. The highest BCUT2D eigenvalue weighted by Crippen LogP contribution is 2.30. The van der Waals surface area contributed by atoms with Gasteiger partial charge < -0.3 is 9.47 Å². The molecule has 0 aromatic heterocycles. The lowest BCUT2D eigenvalue weighted by Gasteiger charge is -2.24. The van der Waals surface area contributed by atoms with E-state index in [1.807, 2.05) is 30.3 Å². The van der Waals surface area contributed by atoms with Crippen molar-refractivity contribution in [1.82, 2.24) is 0 Å². The number of hydrogen-bond acceptors (Lipinski definition) is 2. The van der Waals surface area contributed by atoms with Crippen LogP contribution in [0.2, 0.25) is 0 Å². The summed E-state index contributed by atoms with van der Waals surface area (Å²) >= 11 is 0. The Labute approximate surface area is 153 Å². The van der Waals surface area contributed by atoms with E-state index in [1.165, 1.54) is 18.4 Å². The standard InChI is InChI=1S/C23H32O2/c1-6-10-22(17(2)3)19-13-15-21(16-14-19)25-23(18(4)5)24-20-11-8-7-9-12-20/h7-9,11-18,22-23H,6,10H2,1-5H3. The predicted octanol–water partition coefficient (Wildman–Crippen LogP) is 6.67. The maximum Gasteiger partial charge on any atom is 0.243 e. The van der Waals surface area contributed by atoms with Gasteiger partial charge in [-0.3, -0.25) is 0 Å². The molecule has 0 radical (unpaired) electrons. The number of rotatable bonds is 9. The Morgan fingerprint density at radius 2 is 1.28 bits per heavy atom. The quantitative estimate of drug-likeness (QED) is 0.475. The van der Waals surface area contributed by atoms with Crippen LogP contribution in [-0.4, -0.2) is 6.29 Å². The van der Waals surface area contributed by atoms with Crippen molar-refractivity contribution in [3.63, 3.8) is 0 Å². The summed E-state index contributed by atoms with van der Waals surface area (Å²) in [5.41, 5.74) is 1.40. The topological polar surface area (TPSA) is 18.5 Å². The second-order valence-electron chi connectivity index (χ2n) is 7.37. The van der Waals surface area contributed by atoms with Gasteiger partial charge in [0.25, 0.3) is 0 Å². The highest BCUT2D eigenvalue weighted by molar-refractivity contribution is 5.30. The van der Waals surface area contributed by atoms with E-state index in [0.717, 1.165) is 11.5 Å². The third kappa shape index (κ3) is 5.81. The molecule has 2 aromatic rings. The van der Waals surface area contributed by atoms with Gasteiger partial charge in [-0.2, -0.15) is 0 Å². The monoisotopic (exact) mass is 340 g/mol. The minimum absolute atomic E-state index is 0.253. The number of ether oxygens (including phenoxy) is 2. The van der Waals surface area contributed by atoms with Crippen LogP contribution in [0.3, 0.4) is 0 Å². The van der Waals surface area contributed by atoms with Gasteiger partial charge in [-0.1, -0.05) is 71.4 Å². The Balaban J connectivity index is 2.07. The molecule has 0 saturated heterocycles. The zero-order valence-corrected chi connectivity index (χ0v) is 16.2. The molecule has 0 heterocycles. The largest absolute Gasteiger partial charge is 0.455 e. The molecule has 136 valence electrons. The molecule has 0 aliphatic rings. The lowest BCUT2D eigenvalue weighted by molar-refractivity contribution is -0.0297. The molecule has 0 aliphatic carbocycles. The predicted molar refractivity (Wildman–Crippen MR) is 105 cm³/mol. The summed E-state index contributed by atoms with van der Waals surface area (Å²) in [6.45, 7) is 11.1. The second-order valence-corrected chi connectivity index (χ2v) is 7.37. The average Bonchev–Trinajstić information content (AvgIpc) is 2.60. The molecule has 0 saturated carbocycles. The van der Waals surface area contributed by atoms with Crippen LogP contribution in [0.25, 0.3) is 0 Å². The van der Waals surface area contributed by atoms with Gasteiger partial charge in [-0.05, 0) is 48.1 Å². The van der Waals surface area contributed by atoms with Crippen LogP contribution < -0.4 is 9.47 Å². The van der Waals surface area contributed by atoms with Gasteiger partial charge in [-0.25, -0.2) is 0 Å². The minimum atomic E-state index is -0.301. The molecule has 0 N–H and O–H groups in total. The maximum atomic E-state index is 6.11. The summed E-state index contributed by atoms with van der Waals surface area (Å²) in [7, 11) is 0. The Hall–Kier alpha value is -1.96. The lowest BCUT2D eigenvalue weighted by atomic mass is 9.85. The second kappa shape index (κ2) is 9.50. The zero-order valence-electron chi connectivity index (χ0n) is 16.2. The van der Waals surface area contributed by atoms with Crippen LogP contribution in [-0.2, 0) is 0 Å². The molecule has 2 atom stereocenters. The molecular weight excluding hydrogens is 308 g/mol. The molecule has 0 amide bonds. The van der Waals surface area contributed by atoms with Crippen LogP contribution in [0.1, 0.15) is 58.9 Å². The van der Waals surface area contributed by atoms with E-state index in [4.69, 9.17) is 9.47 Å². The van der Waals surface area contributed by atoms with Gasteiger partial charge in [0.05, 0.1) is 0 Å². The Kier molecular flexibility index (Phi) is 7.36. The van der Waals surface area contributed by atoms with Crippen molar-refractivity contribution in [2.45, 2.75) is 59.7 Å². The smallest absolute Gasteiger partial charge is 0.243 e. The summed E-state index contributed by atoms with van der Waals surface area (Å²) in [4.78, 5) is 0. The molecular formula is C23H32O2. The van der Waals surface area contributed by atoms with E-state index in [2.05, 4.69) is 58.9 Å². The number of hydrogen-bond donors (Lipinski definition) is 0. The first-order chi connectivity index (χ1) is 12.0. The van der Waals surface area contributed by atoms with Crippen molar-refractivity contribution >= 4 is 0 Å². The molecule has 25 heavy (non-hydrogen) atoms. The highest BCUT2D eigenvalue weighted by Gasteiger charge is 2.18. The van der Waals surface area contributed by atoms with Gasteiger partial charge in [0.1, 0.15) is 11.5 Å². The summed E-state index contributed by atoms with van der Waals surface area (Å²) in [6, 6.07) is 18.4. The van der Waals surface area contributed by atoms with Gasteiger partial charge in [0, 0.05) is 5.92 Å². The first-order valence-corrected chi connectivity index (χ1v) is 9.49. The minimum Gasteiger partial charge on any atom is -0.455 e. The normalized spacial score (nSPS) is 13.7. The van der Waals surface area contributed by atoms with Crippen LogP contribution >= 0.6 is 0 Å². The van der Waals surface area contributed by atoms with Crippen molar-refractivity contribution in [2.24, 2.45) is 11.8 Å². The third-order valence-electron chi connectivity index (χ3n) is 4.50. The fourth-order valence-electron chi connectivity index (χ4n) is 3.05. The van der Waals surface area contributed by atoms with Gasteiger partial charge in [-0.15, -0.1) is 0 Å². The summed E-state index contributed by atoms with van der Waals surface area (Å²) in [5, 5.41) is 0. The van der Waals surface area contributed by atoms with Crippen molar-refractivity contribution in [1.29, 1.82) is 0 Å². The van der Waals surface area contributed by atoms with E-state index >= 15 is 0 Å². The van der Waals surface area contributed by atoms with Gasteiger partial charge in [0.2, 0.25) is 6.29 Å². The molecule has 0 fully saturated rings. The van der Waals surface area contributed by atoms with Crippen molar-refractivity contribution in [3.8, 4) is 11.5 Å². The summed E-state index contributed by atoms with van der Waals surface area (Å²) < 4.78 is 12.1. The third-order valence-corrected chi connectivity index (χ3v) is 4.50. The molecule has 0 bridgehead atoms. The lowest BCUT2D eigenvalue weighted by Crippen LogP contribution is -2.29. The first kappa shape index (κ1) is 19.4. The fourth-order valence-corrected chi connectivity index (χ4v) is 3.05. The molecule has 0 spiro atoms. The number of benzene rings is 2. The highest BCUT2D eigenvalue weighted by atomic mass is 16.7. The summed E-state index contributed by atoms with van der Waals surface area (Å²) in [5.74, 6) is 3.21. The average molecular weight is 341 g/mol. The van der Waals surface area contributed by atoms with Crippen LogP contribution in [0.5, 0.6) is 11.5 Å². The van der Waals surface area contributed by atoms with Crippen LogP contribution in [0.4, 0.5) is 0 Å². The maximum absolute atomic E-state index is 6.11. The van der Waals surface area contributed by atoms with Gasteiger partial charge in [0.15, 0.2) is 0 Å². The molecule has 2 nitrogen and oxygen atoms in total. The van der Waals surface area contributed by atoms with Crippen LogP contribution in [0, 0.1) is 11.8 Å². The van der Waals surface area contributed by atoms with E-state index < -0.39 is 0 Å². The molecule has 2 heteroatoms. The Morgan fingerprint density at radius 1 is 0.720 bits per heavy atom. The SMILES string of the molecule is CCCC(c1ccc(OC(Oc2ccccc2)C(C)C)cc1)C(C)C. The van der Waals surface area contributed by atoms with Crippen LogP contribution in [0.15, 0.2) is 54.6 Å². The van der Waals surface area contributed by atoms with E-state index in [1.54, 1.807) is 0 Å². The number of para-hydroxylation sites is 1. The van der Waals surface area contributed by atoms with E-state index in [-0.39, 0.29) is 12.2 Å². The zero-order chi connectivity index (χ0) is 18.2. The summed E-state index contributed by atoms with van der Waals surface area (Å²) in [6.07, 6.45) is 2.13. The van der Waals surface area contributed by atoms with Gasteiger partial charge >= 0.3 is 0 Å². The first-order valence-electron chi connectivity index (χ1n) is 9.49. The van der Waals surface area contributed by atoms with Crippen molar-refractivity contribution in [2.75, 3.05) is 0 Å². The molecule has 2 rings (SSSR count). The fraction of sp³-hybridized carbons (Fsp3) is 0.478. The molecule has 2 aromatic carbocycles. The van der Waals surface area contributed by atoms with E-state index in [0.29, 0.717) is 11.8 Å². The molecule has 0 aliphatic heterocycles. The Bertz CT molecular complexity index is 602. The van der Waals surface area contributed by atoms with Crippen molar-refractivity contribution in [3.05, 3.63) is 60.2 Å². The van der Waals surface area contributed by atoms with Crippen molar-refractivity contribution < 1.29 is 9.47 Å². The molecule has 2 unspecified atom stereocenters.